The first kappa shape index (κ1) is 16.8. The Bertz CT molecular complexity index is 678. The number of ether oxygens (including phenoxy) is 1. The molecule has 0 aliphatic heterocycles. The fourth-order valence-electron chi connectivity index (χ4n) is 1.18. The van der Waals surface area contributed by atoms with Crippen LogP contribution in [-0.4, -0.2) is 38.1 Å². The van der Waals surface area contributed by atoms with Crippen molar-refractivity contribution in [3.05, 3.63) is 29.3 Å². The van der Waals surface area contributed by atoms with Gasteiger partial charge in [-0.05, 0) is 18.2 Å². The average Bonchev–Trinajstić information content (AvgIpc) is 2.36. The molecule has 0 atom stereocenters. The maximum Gasteiger partial charge on any atom is 0.534 e. The third kappa shape index (κ3) is 3.62. The SMILES string of the molecule is COC(=O)c1ccc(OS(=O)(=O)C(F)(F)F)c(C(=O)O)c1. The molecule has 0 bridgehead atoms. The van der Waals surface area contributed by atoms with Gasteiger partial charge in [0, 0.05) is 0 Å². The van der Waals surface area contributed by atoms with Crippen molar-refractivity contribution in [2.24, 2.45) is 0 Å². The molecule has 0 aliphatic rings. The van der Waals surface area contributed by atoms with Crippen LogP contribution in [0.15, 0.2) is 18.2 Å². The summed E-state index contributed by atoms with van der Waals surface area (Å²) in [6, 6.07) is 2.11. The predicted molar refractivity (Wildman–Crippen MR) is 60.3 cm³/mol. The number of carbonyl (C=O) groups excluding carboxylic acids is 1. The maximum absolute atomic E-state index is 12.2. The van der Waals surface area contributed by atoms with E-state index in [9.17, 15) is 31.2 Å². The van der Waals surface area contributed by atoms with Gasteiger partial charge in [0.1, 0.15) is 5.56 Å². The van der Waals surface area contributed by atoms with Crippen molar-refractivity contribution >= 4 is 22.1 Å². The Balaban J connectivity index is 3.32. The van der Waals surface area contributed by atoms with Gasteiger partial charge in [0.05, 0.1) is 12.7 Å². The highest BCUT2D eigenvalue weighted by atomic mass is 32.2. The number of benzene rings is 1. The summed E-state index contributed by atoms with van der Waals surface area (Å²) in [7, 11) is -5.02. The number of methoxy groups -OCH3 is 1. The van der Waals surface area contributed by atoms with Crippen LogP contribution < -0.4 is 4.18 Å². The Hall–Kier alpha value is -2.30. The van der Waals surface area contributed by atoms with Crippen molar-refractivity contribution in [3.63, 3.8) is 0 Å². The van der Waals surface area contributed by atoms with E-state index >= 15 is 0 Å². The number of halogens is 3. The minimum atomic E-state index is -6.02. The van der Waals surface area contributed by atoms with Gasteiger partial charge in [0.25, 0.3) is 0 Å². The Labute approximate surface area is 116 Å². The summed E-state index contributed by atoms with van der Waals surface area (Å²) in [6.45, 7) is 0. The van der Waals surface area contributed by atoms with Crippen LogP contribution in [0.25, 0.3) is 0 Å². The lowest BCUT2D eigenvalue weighted by atomic mass is 10.1. The minimum absolute atomic E-state index is 0.299. The van der Waals surface area contributed by atoms with Gasteiger partial charge < -0.3 is 14.0 Å². The molecule has 1 aromatic rings. The lowest BCUT2D eigenvalue weighted by Crippen LogP contribution is -2.28. The number of hydrogen-bond acceptors (Lipinski definition) is 6. The number of carboxylic acids is 1. The first-order chi connectivity index (χ1) is 9.49. The molecule has 1 rings (SSSR count). The topological polar surface area (TPSA) is 107 Å². The van der Waals surface area contributed by atoms with Crippen LogP contribution in [0.1, 0.15) is 20.7 Å². The van der Waals surface area contributed by atoms with E-state index in [2.05, 4.69) is 8.92 Å². The van der Waals surface area contributed by atoms with Gasteiger partial charge in [0.2, 0.25) is 0 Å². The highest BCUT2D eigenvalue weighted by Crippen LogP contribution is 2.29. The van der Waals surface area contributed by atoms with E-state index in [1.165, 1.54) is 0 Å². The van der Waals surface area contributed by atoms with Gasteiger partial charge >= 0.3 is 27.6 Å². The number of aromatic carboxylic acids is 1. The van der Waals surface area contributed by atoms with Gasteiger partial charge in [-0.3, -0.25) is 0 Å². The molecule has 1 N–H and O–H groups in total. The monoisotopic (exact) mass is 328 g/mol. The summed E-state index contributed by atoms with van der Waals surface area (Å²) >= 11 is 0. The molecule has 0 spiro atoms. The predicted octanol–water partition coefficient (Wildman–Crippen LogP) is 1.40. The van der Waals surface area contributed by atoms with Crippen molar-refractivity contribution in [1.29, 1.82) is 0 Å². The number of carbonyl (C=O) groups is 2. The van der Waals surface area contributed by atoms with Crippen molar-refractivity contribution in [3.8, 4) is 5.75 Å². The van der Waals surface area contributed by atoms with Gasteiger partial charge in [-0.15, -0.1) is 0 Å². The lowest BCUT2D eigenvalue weighted by molar-refractivity contribution is -0.0500. The molecule has 0 fully saturated rings. The summed E-state index contributed by atoms with van der Waals surface area (Å²) in [5.41, 5.74) is -6.96. The van der Waals surface area contributed by atoms with Crippen LogP contribution in [0.3, 0.4) is 0 Å². The second-order valence-corrected chi connectivity index (χ2v) is 5.03. The molecule has 0 saturated heterocycles. The summed E-state index contributed by atoms with van der Waals surface area (Å²) in [5, 5.41) is 8.84. The minimum Gasteiger partial charge on any atom is -0.478 e. The number of alkyl halides is 3. The molecular formula is C10H7F3O7S. The summed E-state index contributed by atoms with van der Waals surface area (Å²) < 4.78 is 66.3. The molecular weight excluding hydrogens is 321 g/mol. The van der Waals surface area contributed by atoms with Crippen LogP contribution in [0.4, 0.5) is 13.2 Å². The molecule has 0 aliphatic carbocycles. The summed E-state index contributed by atoms with van der Waals surface area (Å²) in [6.07, 6.45) is 0. The first-order valence-electron chi connectivity index (χ1n) is 4.96. The highest BCUT2D eigenvalue weighted by Gasteiger charge is 2.49. The molecule has 0 saturated carbocycles. The van der Waals surface area contributed by atoms with E-state index in [1.54, 1.807) is 0 Å². The molecule has 0 heterocycles. The number of hydrogen-bond donors (Lipinski definition) is 1. The molecule has 0 aromatic heterocycles. The molecule has 0 unspecified atom stereocenters. The summed E-state index contributed by atoms with van der Waals surface area (Å²) in [5.74, 6) is -3.82. The van der Waals surface area contributed by atoms with Crippen LogP contribution in [-0.2, 0) is 14.9 Å². The van der Waals surface area contributed by atoms with E-state index in [-0.39, 0.29) is 5.56 Å². The zero-order valence-corrected chi connectivity index (χ0v) is 11.0. The van der Waals surface area contributed by atoms with E-state index < -0.39 is 38.9 Å². The summed E-state index contributed by atoms with van der Waals surface area (Å²) in [4.78, 5) is 22.1. The molecule has 116 valence electrons. The van der Waals surface area contributed by atoms with Gasteiger partial charge in [-0.2, -0.15) is 21.6 Å². The van der Waals surface area contributed by atoms with Gasteiger partial charge in [-0.1, -0.05) is 0 Å². The maximum atomic E-state index is 12.2. The molecule has 11 heteroatoms. The van der Waals surface area contributed by atoms with E-state index in [1.807, 2.05) is 0 Å². The Kier molecular flexibility index (Phi) is 4.46. The molecule has 0 amide bonds. The van der Waals surface area contributed by atoms with Crippen LogP contribution in [0, 0.1) is 0 Å². The van der Waals surface area contributed by atoms with Gasteiger partial charge in [-0.25, -0.2) is 9.59 Å². The smallest absolute Gasteiger partial charge is 0.478 e. The van der Waals surface area contributed by atoms with Gasteiger partial charge in [0.15, 0.2) is 5.75 Å². The van der Waals surface area contributed by atoms with Crippen LogP contribution in [0.5, 0.6) is 5.75 Å². The Morgan fingerprint density at radius 2 is 1.81 bits per heavy atom. The molecule has 7 nitrogen and oxygen atoms in total. The highest BCUT2D eigenvalue weighted by molar-refractivity contribution is 7.88. The van der Waals surface area contributed by atoms with Crippen molar-refractivity contribution < 1.29 is 45.2 Å². The lowest BCUT2D eigenvalue weighted by Gasteiger charge is -2.11. The fraction of sp³-hybridized carbons (Fsp3) is 0.200. The van der Waals surface area contributed by atoms with E-state index in [0.717, 1.165) is 13.2 Å². The van der Waals surface area contributed by atoms with Crippen molar-refractivity contribution in [2.45, 2.75) is 5.51 Å². The first-order valence-corrected chi connectivity index (χ1v) is 6.37. The number of carboxylic acid groups (broad SMARTS) is 1. The van der Waals surface area contributed by atoms with Crippen LogP contribution in [0.2, 0.25) is 0 Å². The molecule has 0 radical (unpaired) electrons. The second kappa shape index (κ2) is 5.60. The normalized spacial score (nSPS) is 11.8. The Morgan fingerprint density at radius 3 is 2.24 bits per heavy atom. The number of esters is 1. The standard InChI is InChI=1S/C10H7F3O7S/c1-19-9(16)5-2-3-7(6(4-5)8(14)15)20-21(17,18)10(11,12)13/h2-4H,1H3,(H,14,15). The third-order valence-corrected chi connectivity index (χ3v) is 3.08. The third-order valence-electron chi connectivity index (χ3n) is 2.11. The fourth-order valence-corrected chi connectivity index (χ4v) is 1.66. The van der Waals surface area contributed by atoms with Crippen molar-refractivity contribution in [2.75, 3.05) is 7.11 Å². The van der Waals surface area contributed by atoms with Crippen molar-refractivity contribution in [1.82, 2.24) is 0 Å². The van der Waals surface area contributed by atoms with E-state index in [4.69, 9.17) is 5.11 Å². The average molecular weight is 328 g/mol. The largest absolute Gasteiger partial charge is 0.534 e. The van der Waals surface area contributed by atoms with E-state index in [0.29, 0.717) is 12.1 Å². The second-order valence-electron chi connectivity index (χ2n) is 3.49. The van der Waals surface area contributed by atoms with Crippen LogP contribution >= 0.6 is 0 Å². The molecule has 1 aromatic carbocycles. The quantitative estimate of drug-likeness (QED) is 0.506. The zero-order valence-electron chi connectivity index (χ0n) is 10.2. The molecule has 21 heavy (non-hydrogen) atoms. The Morgan fingerprint density at radius 1 is 1.24 bits per heavy atom. The number of rotatable bonds is 4. The zero-order chi connectivity index (χ0) is 16.4.